The van der Waals surface area contributed by atoms with Gasteiger partial charge in [0.05, 0.1) is 7.11 Å². The van der Waals surface area contributed by atoms with E-state index in [2.05, 4.69) is 4.84 Å². The summed E-state index contributed by atoms with van der Waals surface area (Å²) in [5.41, 5.74) is 0. The fourth-order valence-corrected chi connectivity index (χ4v) is 0. The maximum Gasteiger partial charge on any atom is 2.00 e. The first-order valence-corrected chi connectivity index (χ1v) is 0.956. The van der Waals surface area contributed by atoms with Gasteiger partial charge in [-0.25, -0.2) is 0 Å². The summed E-state index contributed by atoms with van der Waals surface area (Å²) in [5, 5.41) is 8.08. The van der Waals surface area contributed by atoms with Crippen molar-refractivity contribution in [1.29, 1.82) is 0 Å². The summed E-state index contributed by atoms with van der Waals surface area (Å²) in [6, 6.07) is 0. The molecule has 0 saturated carbocycles. The molecule has 5 heteroatoms. The summed E-state index contributed by atoms with van der Waals surface area (Å²) in [5.74, 6) is 0. The molecule has 0 aliphatic carbocycles. The zero-order chi connectivity index (χ0) is 4.28. The molecule has 0 unspecified atom stereocenters. The Labute approximate surface area is 44.5 Å². The van der Waals surface area contributed by atoms with Crippen molar-refractivity contribution in [2.45, 2.75) is 0 Å². The zero-order valence-corrected chi connectivity index (χ0v) is 3.98. The molecule has 0 rings (SSSR count). The first kappa shape index (κ1) is 9.19. The molecule has 0 N–H and O–H groups in total. The normalized spacial score (nSPS) is 5.50. The maximum absolute atomic E-state index is 8.95. The van der Waals surface area contributed by atoms with Gasteiger partial charge in [-0.3, -0.25) is 0 Å². The van der Waals surface area contributed by atoms with E-state index in [1.54, 1.807) is 0 Å². The van der Waals surface area contributed by atoms with Crippen LogP contribution in [0.1, 0.15) is 0 Å². The Bertz CT molecular complexity index is 46.1. The van der Waals surface area contributed by atoms with Crippen LogP contribution in [0.3, 0.4) is 0 Å². The fraction of sp³-hybridized carbons (Fsp3) is 1.00. The van der Waals surface area contributed by atoms with Crippen molar-refractivity contribution in [3.63, 3.8) is 0 Å². The maximum atomic E-state index is 8.95. The van der Waals surface area contributed by atoms with E-state index in [9.17, 15) is 0 Å². The van der Waals surface area contributed by atoms with Gasteiger partial charge >= 0.3 is 16.5 Å². The van der Waals surface area contributed by atoms with Gasteiger partial charge in [0.25, 0.3) is 5.09 Å². The van der Waals surface area contributed by atoms with Crippen LogP contribution in [-0.2, 0) is 21.3 Å². The van der Waals surface area contributed by atoms with Gasteiger partial charge in [0, 0.05) is 0 Å². The van der Waals surface area contributed by atoms with Crippen LogP contribution >= 0.6 is 0 Å². The third-order valence-corrected chi connectivity index (χ3v) is 0.149. The van der Waals surface area contributed by atoms with Crippen LogP contribution in [0, 0.1) is 10.1 Å². The molecule has 0 radical (unpaired) electrons. The summed E-state index contributed by atoms with van der Waals surface area (Å²) < 4.78 is 0. The molecule has 0 amide bonds. The number of hydrogen-bond acceptors (Lipinski definition) is 3. The molecule has 0 atom stereocenters. The van der Waals surface area contributed by atoms with E-state index in [4.69, 9.17) is 10.1 Å². The van der Waals surface area contributed by atoms with Crippen LogP contribution in [0.25, 0.3) is 0 Å². The van der Waals surface area contributed by atoms with Crippen LogP contribution in [0.15, 0.2) is 0 Å². The molecule has 0 fully saturated rings. The second-order valence-electron chi connectivity index (χ2n) is 0.406. The molecule has 0 bridgehead atoms. The molecule has 0 aromatic heterocycles. The molecular weight excluding hydrogens is 133 g/mol. The van der Waals surface area contributed by atoms with E-state index < -0.39 is 5.09 Å². The third-order valence-electron chi connectivity index (χ3n) is 0.149. The summed E-state index contributed by atoms with van der Waals surface area (Å²) in [6.07, 6.45) is 0. The van der Waals surface area contributed by atoms with Crippen molar-refractivity contribution in [2.75, 3.05) is 7.11 Å². The Morgan fingerprint density at radius 1 is 1.83 bits per heavy atom. The van der Waals surface area contributed by atoms with E-state index in [0.29, 0.717) is 0 Å². The number of rotatable bonds is 1. The molecule has 0 spiro atoms. The van der Waals surface area contributed by atoms with Crippen molar-refractivity contribution in [2.24, 2.45) is 0 Å². The first-order chi connectivity index (χ1) is 2.27. The molecule has 0 heterocycles. The fourth-order valence-electron chi connectivity index (χ4n) is 0. The third kappa shape index (κ3) is 9.34. The Morgan fingerprint density at radius 3 is 2.00 bits per heavy atom. The summed E-state index contributed by atoms with van der Waals surface area (Å²) in [6.45, 7) is 0. The second-order valence-corrected chi connectivity index (χ2v) is 0.406. The van der Waals surface area contributed by atoms with Crippen LogP contribution in [0.4, 0.5) is 0 Å². The first-order valence-electron chi connectivity index (χ1n) is 0.956. The van der Waals surface area contributed by atoms with Crippen molar-refractivity contribution in [1.82, 2.24) is 0 Å². The molecule has 0 aliphatic heterocycles. The van der Waals surface area contributed by atoms with Crippen molar-refractivity contribution in [3.05, 3.63) is 10.1 Å². The number of nitrogens with zero attached hydrogens (tertiary/aromatic N) is 1. The van der Waals surface area contributed by atoms with E-state index in [1.165, 1.54) is 0 Å². The van der Waals surface area contributed by atoms with Gasteiger partial charge in [-0.05, 0) is 0 Å². The predicted octanol–water partition coefficient (Wildman–Crippen LogP) is -0.178. The topological polar surface area (TPSA) is 52.4 Å². The van der Waals surface area contributed by atoms with Crippen LogP contribution < -0.4 is 0 Å². The van der Waals surface area contributed by atoms with Crippen LogP contribution in [0.2, 0.25) is 0 Å². The summed E-state index contributed by atoms with van der Waals surface area (Å²) >= 11 is 0. The van der Waals surface area contributed by atoms with Gasteiger partial charge in [0.2, 0.25) is 0 Å². The second kappa shape index (κ2) is 4.69. The predicted molar refractivity (Wildman–Crippen MR) is 14.0 cm³/mol. The van der Waals surface area contributed by atoms with Crippen molar-refractivity contribution in [3.8, 4) is 0 Å². The molecule has 38 valence electrons. The molecule has 0 aliphatic rings. The van der Waals surface area contributed by atoms with E-state index in [1.807, 2.05) is 0 Å². The Hall–Kier alpha value is -0.306. The molecular formula is CH3NNiO3+2. The molecule has 0 aromatic carbocycles. The molecule has 4 nitrogen and oxygen atoms in total. The van der Waals surface area contributed by atoms with Gasteiger partial charge in [-0.1, -0.05) is 0 Å². The van der Waals surface area contributed by atoms with E-state index in [-0.39, 0.29) is 16.5 Å². The standard InChI is InChI=1S/CH3NO3.Ni/c1-5-2(3)4;/h1H3;/q;+2. The minimum atomic E-state index is -0.875. The molecule has 6 heavy (non-hydrogen) atoms. The van der Waals surface area contributed by atoms with Crippen molar-refractivity contribution < 1.29 is 26.4 Å². The Morgan fingerprint density at radius 2 is 2.00 bits per heavy atom. The van der Waals surface area contributed by atoms with Gasteiger partial charge in [-0.15, -0.1) is 10.1 Å². The SMILES string of the molecule is CO[N+](=O)[O-].[Ni+2]. The smallest absolute Gasteiger partial charge is 0.317 e. The van der Waals surface area contributed by atoms with E-state index in [0.717, 1.165) is 7.11 Å². The minimum absolute atomic E-state index is 0. The van der Waals surface area contributed by atoms with Gasteiger partial charge in [0.1, 0.15) is 0 Å². The minimum Gasteiger partial charge on any atom is -0.317 e. The van der Waals surface area contributed by atoms with Gasteiger partial charge < -0.3 is 4.84 Å². The zero-order valence-electron chi connectivity index (χ0n) is 2.99. The Kier molecular flexibility index (Phi) is 7.19. The van der Waals surface area contributed by atoms with E-state index >= 15 is 0 Å². The average molecular weight is 136 g/mol. The molecule has 0 aromatic rings. The summed E-state index contributed by atoms with van der Waals surface area (Å²) in [7, 11) is 1.00. The molecule has 0 saturated heterocycles. The average Bonchev–Trinajstić information content (AvgIpc) is 1.38. The van der Waals surface area contributed by atoms with Crippen LogP contribution in [0.5, 0.6) is 0 Å². The Balaban J connectivity index is 0. The summed E-state index contributed by atoms with van der Waals surface area (Å²) in [4.78, 5) is 12.4. The van der Waals surface area contributed by atoms with Gasteiger partial charge in [0.15, 0.2) is 0 Å². The van der Waals surface area contributed by atoms with Crippen molar-refractivity contribution >= 4 is 0 Å². The number of hydrogen-bond donors (Lipinski definition) is 0. The monoisotopic (exact) mass is 135 g/mol. The largest absolute Gasteiger partial charge is 2.00 e. The van der Waals surface area contributed by atoms with Crippen LogP contribution in [-0.4, -0.2) is 12.2 Å². The quantitative estimate of drug-likeness (QED) is 0.285. The van der Waals surface area contributed by atoms with Gasteiger partial charge in [-0.2, -0.15) is 0 Å².